The molecule has 0 aliphatic carbocycles. The largest absolute Gasteiger partial charge is 0.490 e. The summed E-state index contributed by atoms with van der Waals surface area (Å²) in [5, 5.41) is 9.02. The van der Waals surface area contributed by atoms with E-state index in [2.05, 4.69) is 6.07 Å². The first kappa shape index (κ1) is 17.8. The standard InChI is InChI=1S/C21H22N2O3/c1-2-25-21(24)23-12-10-20(11-13-23)26-19-8-6-17(7-9-19)18-5-3-4-16(14-18)15-22/h3-9,14,20H,2,10-13H2,1H3. The van der Waals surface area contributed by atoms with Crippen molar-refractivity contribution in [3.05, 3.63) is 54.1 Å². The van der Waals surface area contributed by atoms with Crippen LogP contribution in [0.4, 0.5) is 4.79 Å². The highest BCUT2D eigenvalue weighted by molar-refractivity contribution is 5.67. The molecule has 134 valence electrons. The third kappa shape index (κ3) is 4.34. The van der Waals surface area contributed by atoms with Crippen LogP contribution in [0, 0.1) is 11.3 Å². The lowest BCUT2D eigenvalue weighted by atomic mass is 10.0. The molecule has 3 rings (SSSR count). The van der Waals surface area contributed by atoms with Crippen LogP contribution in [0.25, 0.3) is 11.1 Å². The molecular weight excluding hydrogens is 328 g/mol. The fraction of sp³-hybridized carbons (Fsp3) is 0.333. The molecule has 0 spiro atoms. The van der Waals surface area contributed by atoms with Gasteiger partial charge < -0.3 is 14.4 Å². The number of hydrogen-bond donors (Lipinski definition) is 0. The van der Waals surface area contributed by atoms with Crippen molar-refractivity contribution < 1.29 is 14.3 Å². The summed E-state index contributed by atoms with van der Waals surface area (Å²) in [6.45, 7) is 3.53. The van der Waals surface area contributed by atoms with Gasteiger partial charge in [0.05, 0.1) is 18.2 Å². The average molecular weight is 350 g/mol. The number of amides is 1. The van der Waals surface area contributed by atoms with E-state index in [-0.39, 0.29) is 12.2 Å². The fourth-order valence-corrected chi connectivity index (χ4v) is 3.06. The molecule has 5 nitrogen and oxygen atoms in total. The first-order valence-corrected chi connectivity index (χ1v) is 8.88. The second-order valence-corrected chi connectivity index (χ2v) is 6.22. The zero-order chi connectivity index (χ0) is 18.4. The van der Waals surface area contributed by atoms with Crippen molar-refractivity contribution in [2.24, 2.45) is 0 Å². The maximum absolute atomic E-state index is 11.7. The minimum Gasteiger partial charge on any atom is -0.490 e. The second-order valence-electron chi connectivity index (χ2n) is 6.22. The summed E-state index contributed by atoms with van der Waals surface area (Å²) >= 11 is 0. The number of nitrogens with zero attached hydrogens (tertiary/aromatic N) is 2. The van der Waals surface area contributed by atoms with Crippen LogP contribution in [0.1, 0.15) is 25.3 Å². The van der Waals surface area contributed by atoms with E-state index >= 15 is 0 Å². The van der Waals surface area contributed by atoms with Gasteiger partial charge in [-0.15, -0.1) is 0 Å². The molecule has 2 aromatic rings. The topological polar surface area (TPSA) is 62.6 Å². The smallest absolute Gasteiger partial charge is 0.409 e. The van der Waals surface area contributed by atoms with Gasteiger partial charge in [-0.2, -0.15) is 5.26 Å². The number of piperidine rings is 1. The summed E-state index contributed by atoms with van der Waals surface area (Å²) in [6.07, 6.45) is 1.46. The van der Waals surface area contributed by atoms with Gasteiger partial charge in [-0.25, -0.2) is 4.79 Å². The van der Waals surface area contributed by atoms with Gasteiger partial charge in [-0.05, 0) is 42.3 Å². The van der Waals surface area contributed by atoms with E-state index in [9.17, 15) is 4.79 Å². The molecule has 0 N–H and O–H groups in total. The number of benzene rings is 2. The molecule has 2 aromatic carbocycles. The van der Waals surface area contributed by atoms with Crippen molar-refractivity contribution in [1.29, 1.82) is 5.26 Å². The quantitative estimate of drug-likeness (QED) is 0.828. The molecule has 1 aliphatic rings. The molecule has 26 heavy (non-hydrogen) atoms. The number of hydrogen-bond acceptors (Lipinski definition) is 4. The Labute approximate surface area is 153 Å². The van der Waals surface area contributed by atoms with Crippen LogP contribution in [0.3, 0.4) is 0 Å². The summed E-state index contributed by atoms with van der Waals surface area (Å²) in [4.78, 5) is 13.5. The predicted molar refractivity (Wildman–Crippen MR) is 98.8 cm³/mol. The van der Waals surface area contributed by atoms with Crippen molar-refractivity contribution >= 4 is 6.09 Å². The van der Waals surface area contributed by atoms with E-state index in [0.29, 0.717) is 25.3 Å². The van der Waals surface area contributed by atoms with E-state index in [1.807, 2.05) is 49.4 Å². The Morgan fingerprint density at radius 1 is 1.15 bits per heavy atom. The summed E-state index contributed by atoms with van der Waals surface area (Å²) in [5.74, 6) is 0.819. The SMILES string of the molecule is CCOC(=O)N1CCC(Oc2ccc(-c3cccc(C#N)c3)cc2)CC1. The Kier molecular flexibility index (Phi) is 5.75. The van der Waals surface area contributed by atoms with Gasteiger partial charge in [-0.1, -0.05) is 24.3 Å². The molecule has 1 heterocycles. The van der Waals surface area contributed by atoms with Gasteiger partial charge in [0.1, 0.15) is 11.9 Å². The van der Waals surface area contributed by atoms with Crippen LogP contribution in [-0.4, -0.2) is 36.8 Å². The molecule has 1 amide bonds. The number of ether oxygens (including phenoxy) is 2. The third-order valence-electron chi connectivity index (χ3n) is 4.45. The highest BCUT2D eigenvalue weighted by Crippen LogP contribution is 2.25. The van der Waals surface area contributed by atoms with Crippen LogP contribution in [0.5, 0.6) is 5.75 Å². The van der Waals surface area contributed by atoms with Gasteiger partial charge in [0.25, 0.3) is 0 Å². The monoisotopic (exact) mass is 350 g/mol. The van der Waals surface area contributed by atoms with Crippen LogP contribution >= 0.6 is 0 Å². The Morgan fingerprint density at radius 3 is 2.54 bits per heavy atom. The zero-order valence-electron chi connectivity index (χ0n) is 14.9. The van der Waals surface area contributed by atoms with Gasteiger partial charge in [-0.3, -0.25) is 0 Å². The normalized spacial score (nSPS) is 14.5. The molecule has 1 saturated heterocycles. The molecule has 1 fully saturated rings. The summed E-state index contributed by atoms with van der Waals surface area (Å²) in [5.41, 5.74) is 2.71. The van der Waals surface area contributed by atoms with E-state index < -0.39 is 0 Å². The van der Waals surface area contributed by atoms with E-state index in [4.69, 9.17) is 14.7 Å². The van der Waals surface area contributed by atoms with E-state index in [1.165, 1.54) is 0 Å². The summed E-state index contributed by atoms with van der Waals surface area (Å²) in [7, 11) is 0. The molecular formula is C21H22N2O3. The molecule has 0 unspecified atom stereocenters. The highest BCUT2D eigenvalue weighted by atomic mass is 16.6. The van der Waals surface area contributed by atoms with Gasteiger partial charge in [0, 0.05) is 25.9 Å². The molecule has 1 aliphatic heterocycles. The lowest BCUT2D eigenvalue weighted by Gasteiger charge is -2.31. The number of carbonyl (C=O) groups is 1. The number of nitriles is 1. The summed E-state index contributed by atoms with van der Waals surface area (Å²) < 4.78 is 11.1. The van der Waals surface area contributed by atoms with Crippen molar-refractivity contribution in [1.82, 2.24) is 4.90 Å². The van der Waals surface area contributed by atoms with Gasteiger partial charge in [0.2, 0.25) is 0 Å². The fourth-order valence-electron chi connectivity index (χ4n) is 3.06. The lowest BCUT2D eigenvalue weighted by Crippen LogP contribution is -2.42. The minimum atomic E-state index is -0.241. The Hall–Kier alpha value is -3.00. The number of rotatable bonds is 4. The number of likely N-dealkylation sites (tertiary alicyclic amines) is 1. The molecule has 0 aromatic heterocycles. The minimum absolute atomic E-state index is 0.105. The van der Waals surface area contributed by atoms with Crippen LogP contribution in [-0.2, 0) is 4.74 Å². The van der Waals surface area contributed by atoms with Crippen LogP contribution in [0.2, 0.25) is 0 Å². The Morgan fingerprint density at radius 2 is 1.88 bits per heavy atom. The van der Waals surface area contributed by atoms with Crippen molar-refractivity contribution in [2.75, 3.05) is 19.7 Å². The number of carbonyl (C=O) groups excluding carboxylic acids is 1. The van der Waals surface area contributed by atoms with Crippen LogP contribution < -0.4 is 4.74 Å². The van der Waals surface area contributed by atoms with E-state index in [0.717, 1.165) is 29.7 Å². The maximum atomic E-state index is 11.7. The maximum Gasteiger partial charge on any atom is 0.409 e. The van der Waals surface area contributed by atoms with Crippen LogP contribution in [0.15, 0.2) is 48.5 Å². The van der Waals surface area contributed by atoms with Gasteiger partial charge in [0.15, 0.2) is 0 Å². The zero-order valence-corrected chi connectivity index (χ0v) is 14.9. The predicted octanol–water partition coefficient (Wildman–Crippen LogP) is 4.22. The molecule has 0 saturated carbocycles. The molecule has 0 radical (unpaired) electrons. The second kappa shape index (κ2) is 8.39. The highest BCUT2D eigenvalue weighted by Gasteiger charge is 2.24. The summed E-state index contributed by atoms with van der Waals surface area (Å²) in [6, 6.07) is 17.6. The molecule has 0 bridgehead atoms. The Bertz CT molecular complexity index is 788. The molecule has 5 heteroatoms. The van der Waals surface area contributed by atoms with E-state index in [1.54, 1.807) is 11.0 Å². The average Bonchev–Trinajstić information content (AvgIpc) is 2.69. The van der Waals surface area contributed by atoms with Crippen molar-refractivity contribution in [3.63, 3.8) is 0 Å². The molecule has 0 atom stereocenters. The van der Waals surface area contributed by atoms with Crippen molar-refractivity contribution in [2.45, 2.75) is 25.9 Å². The first-order chi connectivity index (χ1) is 12.7. The lowest BCUT2D eigenvalue weighted by molar-refractivity contribution is 0.0703. The Balaban J connectivity index is 1.57. The third-order valence-corrected chi connectivity index (χ3v) is 4.45. The van der Waals surface area contributed by atoms with Crippen molar-refractivity contribution in [3.8, 4) is 22.9 Å². The first-order valence-electron chi connectivity index (χ1n) is 8.88. The van der Waals surface area contributed by atoms with Gasteiger partial charge >= 0.3 is 6.09 Å².